The largest absolute Gasteiger partial charge is 0.369 e. The number of nitrogens with zero attached hydrogens (tertiary/aromatic N) is 3. The fourth-order valence-electron chi connectivity index (χ4n) is 2.93. The smallest absolute Gasteiger partial charge is 0.270 e. The summed E-state index contributed by atoms with van der Waals surface area (Å²) >= 11 is 0. The Morgan fingerprint density at radius 2 is 1.96 bits per heavy atom. The average molecular weight is 341 g/mol. The van der Waals surface area contributed by atoms with E-state index >= 15 is 0 Å². The number of nitro benzene ring substituents is 1. The van der Waals surface area contributed by atoms with Gasteiger partial charge in [0.2, 0.25) is 0 Å². The van der Waals surface area contributed by atoms with E-state index in [0.29, 0.717) is 5.69 Å². The van der Waals surface area contributed by atoms with Crippen LogP contribution >= 0.6 is 0 Å². The van der Waals surface area contributed by atoms with Crippen LogP contribution in [0.4, 0.5) is 11.4 Å². The standard InChI is InChI=1S/C15H23N3O4S/c1-3-7-16-8-4-9-17(11-10-16)14-6-5-13(18(19)20)12-15(14)23(2,21)22/h5-6,12H,3-4,7-11H2,1-2H3. The second-order valence-corrected chi connectivity index (χ2v) is 7.85. The molecule has 0 aliphatic carbocycles. The van der Waals surface area contributed by atoms with E-state index in [1.54, 1.807) is 6.07 Å². The molecule has 23 heavy (non-hydrogen) atoms. The van der Waals surface area contributed by atoms with Gasteiger partial charge in [0.05, 0.1) is 15.5 Å². The third kappa shape index (κ3) is 4.42. The quantitative estimate of drug-likeness (QED) is 0.601. The van der Waals surface area contributed by atoms with Crippen molar-refractivity contribution < 1.29 is 13.3 Å². The molecule has 1 aromatic rings. The normalized spacial score (nSPS) is 17.0. The minimum atomic E-state index is -3.53. The highest BCUT2D eigenvalue weighted by Gasteiger charge is 2.23. The first-order chi connectivity index (χ1) is 10.8. The number of non-ortho nitro benzene ring substituents is 1. The molecule has 128 valence electrons. The van der Waals surface area contributed by atoms with Gasteiger partial charge in [0.25, 0.3) is 5.69 Å². The Balaban J connectivity index is 2.33. The third-order valence-electron chi connectivity index (χ3n) is 4.02. The summed E-state index contributed by atoms with van der Waals surface area (Å²) < 4.78 is 24.1. The van der Waals surface area contributed by atoms with Crippen LogP contribution in [-0.4, -0.2) is 57.2 Å². The molecule has 0 bridgehead atoms. The highest BCUT2D eigenvalue weighted by Crippen LogP contribution is 2.30. The van der Waals surface area contributed by atoms with E-state index in [1.165, 1.54) is 12.1 Å². The Morgan fingerprint density at radius 1 is 1.22 bits per heavy atom. The molecule has 1 aliphatic rings. The zero-order valence-electron chi connectivity index (χ0n) is 13.6. The van der Waals surface area contributed by atoms with Crippen molar-refractivity contribution in [2.45, 2.75) is 24.7 Å². The van der Waals surface area contributed by atoms with E-state index in [-0.39, 0.29) is 10.6 Å². The maximum Gasteiger partial charge on any atom is 0.270 e. The highest BCUT2D eigenvalue weighted by atomic mass is 32.2. The third-order valence-corrected chi connectivity index (χ3v) is 5.15. The molecule has 0 atom stereocenters. The number of benzene rings is 1. The van der Waals surface area contributed by atoms with Gasteiger partial charge in [-0.25, -0.2) is 8.42 Å². The molecule has 8 heteroatoms. The van der Waals surface area contributed by atoms with E-state index in [2.05, 4.69) is 11.8 Å². The van der Waals surface area contributed by atoms with Crippen molar-refractivity contribution in [1.29, 1.82) is 0 Å². The molecule has 0 aromatic heterocycles. The summed E-state index contributed by atoms with van der Waals surface area (Å²) in [5.41, 5.74) is 0.369. The summed E-state index contributed by atoms with van der Waals surface area (Å²) in [4.78, 5) is 14.8. The number of nitro groups is 1. The number of anilines is 1. The summed E-state index contributed by atoms with van der Waals surface area (Å²) in [6.45, 7) is 6.51. The Labute approximate surface area is 137 Å². The Hall–Kier alpha value is -1.67. The SMILES string of the molecule is CCCN1CCCN(c2ccc([N+](=O)[O-])cc2S(C)(=O)=O)CC1. The van der Waals surface area contributed by atoms with E-state index in [1.807, 2.05) is 4.90 Å². The predicted octanol–water partition coefficient (Wildman–Crippen LogP) is 1.92. The Bertz CT molecular complexity index is 675. The molecule has 1 aliphatic heterocycles. The van der Waals surface area contributed by atoms with Crippen LogP contribution in [-0.2, 0) is 9.84 Å². The first kappa shape index (κ1) is 17.7. The van der Waals surface area contributed by atoms with Gasteiger partial charge in [-0.3, -0.25) is 10.1 Å². The van der Waals surface area contributed by atoms with E-state index in [9.17, 15) is 18.5 Å². The first-order valence-electron chi connectivity index (χ1n) is 7.78. The van der Waals surface area contributed by atoms with E-state index in [4.69, 9.17) is 0 Å². The van der Waals surface area contributed by atoms with Crippen LogP contribution in [0.1, 0.15) is 19.8 Å². The van der Waals surface area contributed by atoms with Crippen molar-refractivity contribution in [2.24, 2.45) is 0 Å². The molecular weight excluding hydrogens is 318 g/mol. The lowest BCUT2D eigenvalue weighted by Gasteiger charge is -2.25. The number of hydrogen-bond acceptors (Lipinski definition) is 6. The minimum Gasteiger partial charge on any atom is -0.369 e. The van der Waals surface area contributed by atoms with Crippen LogP contribution in [0, 0.1) is 10.1 Å². The van der Waals surface area contributed by atoms with Crippen LogP contribution < -0.4 is 4.90 Å². The number of rotatable bonds is 5. The molecule has 0 radical (unpaired) electrons. The maximum absolute atomic E-state index is 12.1. The van der Waals surface area contributed by atoms with Crippen LogP contribution in [0.5, 0.6) is 0 Å². The second kappa shape index (κ2) is 7.27. The summed E-state index contributed by atoms with van der Waals surface area (Å²) in [5.74, 6) is 0. The Morgan fingerprint density at radius 3 is 2.57 bits per heavy atom. The number of sulfone groups is 1. The lowest BCUT2D eigenvalue weighted by atomic mass is 10.2. The van der Waals surface area contributed by atoms with Crippen molar-refractivity contribution in [2.75, 3.05) is 43.9 Å². The van der Waals surface area contributed by atoms with Crippen LogP contribution in [0.25, 0.3) is 0 Å². The molecule has 1 fully saturated rings. The van der Waals surface area contributed by atoms with Crippen LogP contribution in [0.2, 0.25) is 0 Å². The van der Waals surface area contributed by atoms with Gasteiger partial charge in [0.1, 0.15) is 0 Å². The monoisotopic (exact) mass is 341 g/mol. The molecular formula is C15H23N3O4S. The van der Waals surface area contributed by atoms with Crippen molar-refractivity contribution in [1.82, 2.24) is 4.90 Å². The van der Waals surface area contributed by atoms with Gasteiger partial charge in [0.15, 0.2) is 9.84 Å². The van der Waals surface area contributed by atoms with Gasteiger partial charge < -0.3 is 9.80 Å². The van der Waals surface area contributed by atoms with Crippen molar-refractivity contribution in [3.8, 4) is 0 Å². The average Bonchev–Trinajstić information content (AvgIpc) is 2.72. The molecule has 1 aromatic carbocycles. The zero-order valence-corrected chi connectivity index (χ0v) is 14.4. The molecule has 7 nitrogen and oxygen atoms in total. The summed E-state index contributed by atoms with van der Waals surface area (Å²) in [6, 6.07) is 4.10. The van der Waals surface area contributed by atoms with Crippen LogP contribution in [0.15, 0.2) is 23.1 Å². The molecule has 0 N–H and O–H groups in total. The molecule has 0 saturated carbocycles. The molecule has 2 rings (SSSR count). The fourth-order valence-corrected chi connectivity index (χ4v) is 3.84. The second-order valence-electron chi connectivity index (χ2n) is 5.86. The van der Waals surface area contributed by atoms with Gasteiger partial charge >= 0.3 is 0 Å². The molecule has 1 saturated heterocycles. The number of hydrogen-bond donors (Lipinski definition) is 0. The van der Waals surface area contributed by atoms with Crippen molar-refractivity contribution in [3.63, 3.8) is 0 Å². The highest BCUT2D eigenvalue weighted by molar-refractivity contribution is 7.90. The lowest BCUT2D eigenvalue weighted by molar-refractivity contribution is -0.385. The van der Waals surface area contributed by atoms with Crippen molar-refractivity contribution in [3.05, 3.63) is 28.3 Å². The van der Waals surface area contributed by atoms with Crippen molar-refractivity contribution >= 4 is 21.2 Å². The van der Waals surface area contributed by atoms with Gasteiger partial charge in [-0.15, -0.1) is 0 Å². The molecule has 0 unspecified atom stereocenters. The van der Waals surface area contributed by atoms with Gasteiger partial charge in [0, 0.05) is 38.0 Å². The summed E-state index contributed by atoms with van der Waals surface area (Å²) in [6.07, 6.45) is 3.13. The lowest BCUT2D eigenvalue weighted by Crippen LogP contribution is -2.31. The van der Waals surface area contributed by atoms with Gasteiger partial charge in [-0.05, 0) is 32.0 Å². The van der Waals surface area contributed by atoms with Crippen LogP contribution in [0.3, 0.4) is 0 Å². The Kier molecular flexibility index (Phi) is 5.59. The molecule has 0 amide bonds. The van der Waals surface area contributed by atoms with Gasteiger partial charge in [-0.1, -0.05) is 6.92 Å². The summed E-state index contributed by atoms with van der Waals surface area (Å²) in [5, 5.41) is 10.9. The molecule has 1 heterocycles. The fraction of sp³-hybridized carbons (Fsp3) is 0.600. The summed E-state index contributed by atoms with van der Waals surface area (Å²) in [7, 11) is -3.53. The van der Waals surface area contributed by atoms with E-state index < -0.39 is 14.8 Å². The molecule has 0 spiro atoms. The predicted molar refractivity (Wildman–Crippen MR) is 89.8 cm³/mol. The van der Waals surface area contributed by atoms with E-state index in [0.717, 1.165) is 51.8 Å². The zero-order chi connectivity index (χ0) is 17.0. The topological polar surface area (TPSA) is 83.8 Å². The maximum atomic E-state index is 12.1. The minimum absolute atomic E-state index is 0.0376. The first-order valence-corrected chi connectivity index (χ1v) is 9.68. The van der Waals surface area contributed by atoms with Gasteiger partial charge in [-0.2, -0.15) is 0 Å².